The van der Waals surface area contributed by atoms with Gasteiger partial charge < -0.3 is 9.47 Å². The number of imidazole rings is 1. The summed E-state index contributed by atoms with van der Waals surface area (Å²) in [5.74, 6) is 1.13. The van der Waals surface area contributed by atoms with Gasteiger partial charge in [-0.3, -0.25) is 0 Å². The van der Waals surface area contributed by atoms with Gasteiger partial charge in [0.25, 0.3) is 0 Å². The number of aryl methyl sites for hydroxylation is 1. The maximum atomic E-state index is 4.25. The molecule has 0 bridgehead atoms. The van der Waals surface area contributed by atoms with Gasteiger partial charge in [-0.15, -0.1) is 0 Å². The molecule has 11 heavy (non-hydrogen) atoms. The molecule has 60 valence electrons. The lowest BCUT2D eigenvalue weighted by Gasteiger charge is -2.27. The quantitative estimate of drug-likeness (QED) is 0.491. The Morgan fingerprint density at radius 1 is 1.73 bits per heavy atom. The number of aromatic nitrogens is 2. The summed E-state index contributed by atoms with van der Waals surface area (Å²) < 4.78 is 2.27. The number of nitrogens with zero attached hydrogens (tertiary/aromatic N) is 2. The monoisotopic (exact) mass is 151 g/mol. The van der Waals surface area contributed by atoms with Gasteiger partial charge in [0.1, 0.15) is 5.82 Å². The number of nitrogens with one attached hydrogen (secondary N) is 1. The number of quaternary nitrogens is 1. The lowest BCUT2D eigenvalue weighted by molar-refractivity contribution is -0.872. The molecule has 0 fully saturated rings. The maximum absolute atomic E-state index is 4.25. The Bertz CT molecular complexity index is 264. The van der Waals surface area contributed by atoms with Crippen LogP contribution in [0.3, 0.4) is 0 Å². The second-order valence-corrected chi connectivity index (χ2v) is 3.13. The molecular weight excluding hydrogens is 138 g/mol. The summed E-state index contributed by atoms with van der Waals surface area (Å²) in [4.78, 5) is 5.59. The third-order valence-corrected chi connectivity index (χ3v) is 2.26. The molecule has 1 unspecified atom stereocenters. The molecule has 0 aliphatic carbocycles. The fourth-order valence-corrected chi connectivity index (χ4v) is 1.58. The molecule has 3 heteroatoms. The van der Waals surface area contributed by atoms with Gasteiger partial charge in [-0.05, 0) is 6.92 Å². The number of hydrogen-bond donors (Lipinski definition) is 1. The van der Waals surface area contributed by atoms with E-state index in [1.54, 1.807) is 0 Å². The number of hydrogen-bond acceptors (Lipinski definition) is 1. The van der Waals surface area contributed by atoms with Crippen molar-refractivity contribution in [2.45, 2.75) is 20.0 Å². The van der Waals surface area contributed by atoms with Gasteiger partial charge in [0.15, 0.2) is 0 Å². The van der Waals surface area contributed by atoms with Crippen LogP contribution in [0.5, 0.6) is 0 Å². The Hall–Kier alpha value is -0.830. The molecule has 0 spiro atoms. The smallest absolute Gasteiger partial charge is 0.106 e. The van der Waals surface area contributed by atoms with Crippen molar-refractivity contribution in [2.24, 2.45) is 0 Å². The zero-order chi connectivity index (χ0) is 7.84. The maximum Gasteiger partial charge on any atom is 0.106 e. The molecule has 1 aromatic heterocycles. The van der Waals surface area contributed by atoms with Crippen molar-refractivity contribution < 1.29 is 4.90 Å². The highest BCUT2D eigenvalue weighted by Crippen LogP contribution is 2.04. The Kier molecular flexibility index (Phi) is 1.46. The van der Waals surface area contributed by atoms with E-state index >= 15 is 0 Å². The van der Waals surface area contributed by atoms with E-state index in [0.29, 0.717) is 0 Å². The lowest BCUT2D eigenvalue weighted by Crippen LogP contribution is -3.06. The van der Waals surface area contributed by atoms with Crippen LogP contribution < -0.4 is 4.90 Å². The van der Waals surface area contributed by atoms with Crippen molar-refractivity contribution >= 4 is 0 Å². The Labute approximate surface area is 66.6 Å². The van der Waals surface area contributed by atoms with Crippen LogP contribution >= 0.6 is 0 Å². The molecule has 3 nitrogen and oxygen atoms in total. The van der Waals surface area contributed by atoms with Crippen LogP contribution in [0, 0.1) is 14.0 Å². The van der Waals surface area contributed by atoms with Crippen molar-refractivity contribution in [1.29, 1.82) is 0 Å². The van der Waals surface area contributed by atoms with Gasteiger partial charge in [0, 0.05) is 0 Å². The van der Waals surface area contributed by atoms with Crippen LogP contribution in [0.2, 0.25) is 0 Å². The standard InChI is InChI=1S/C8H13N3/c1-7-9-5-8-6-10(2)3-4-11(7)8/h5,10H,2-4,6H2,1H3. The van der Waals surface area contributed by atoms with Crippen molar-refractivity contribution in [1.82, 2.24) is 9.55 Å². The average molecular weight is 151 g/mol. The van der Waals surface area contributed by atoms with Crippen LogP contribution in [0.1, 0.15) is 11.5 Å². The van der Waals surface area contributed by atoms with E-state index in [2.05, 4.69) is 23.5 Å². The van der Waals surface area contributed by atoms with Crippen LogP contribution in [-0.2, 0) is 13.1 Å². The Morgan fingerprint density at radius 2 is 2.55 bits per heavy atom. The van der Waals surface area contributed by atoms with Crippen molar-refractivity contribution in [3.05, 3.63) is 24.8 Å². The molecule has 1 atom stereocenters. The van der Waals surface area contributed by atoms with Gasteiger partial charge >= 0.3 is 0 Å². The molecule has 0 radical (unpaired) electrons. The van der Waals surface area contributed by atoms with E-state index in [-0.39, 0.29) is 0 Å². The predicted octanol–water partition coefficient (Wildman–Crippen LogP) is -0.618. The molecule has 0 saturated carbocycles. The molecule has 2 heterocycles. The molecule has 1 aliphatic rings. The predicted molar refractivity (Wildman–Crippen MR) is 41.9 cm³/mol. The SMILES string of the molecule is [CH2-][NH+]1CCn2c(cnc2C)C1. The van der Waals surface area contributed by atoms with Crippen molar-refractivity contribution in [2.75, 3.05) is 6.54 Å². The summed E-state index contributed by atoms with van der Waals surface area (Å²) in [5.41, 5.74) is 1.32. The summed E-state index contributed by atoms with van der Waals surface area (Å²) in [6.07, 6.45) is 1.96. The third-order valence-electron chi connectivity index (χ3n) is 2.26. The topological polar surface area (TPSA) is 22.3 Å². The van der Waals surface area contributed by atoms with Gasteiger partial charge in [0.05, 0.1) is 31.5 Å². The minimum Gasteiger partial charge on any atom is -0.461 e. The largest absolute Gasteiger partial charge is 0.461 e. The van der Waals surface area contributed by atoms with Gasteiger partial charge in [-0.25, -0.2) is 4.98 Å². The van der Waals surface area contributed by atoms with E-state index in [4.69, 9.17) is 0 Å². The highest BCUT2D eigenvalue weighted by Gasteiger charge is 2.14. The summed E-state index contributed by atoms with van der Waals surface area (Å²) in [7, 11) is 3.98. The van der Waals surface area contributed by atoms with E-state index in [1.807, 2.05) is 6.20 Å². The minimum absolute atomic E-state index is 1.01. The van der Waals surface area contributed by atoms with Gasteiger partial charge in [-0.1, -0.05) is 0 Å². The zero-order valence-corrected chi connectivity index (χ0v) is 6.80. The van der Waals surface area contributed by atoms with E-state index in [9.17, 15) is 0 Å². The average Bonchev–Trinajstić information content (AvgIpc) is 2.32. The first-order valence-corrected chi connectivity index (χ1v) is 3.95. The molecule has 1 aromatic rings. The number of fused-ring (bicyclic) bond motifs is 1. The van der Waals surface area contributed by atoms with Crippen molar-refractivity contribution in [3.63, 3.8) is 0 Å². The van der Waals surface area contributed by atoms with Crippen LogP contribution in [0.25, 0.3) is 0 Å². The zero-order valence-electron chi connectivity index (χ0n) is 6.80. The normalized spacial score (nSPS) is 23.3. The highest BCUT2D eigenvalue weighted by molar-refractivity contribution is 5.03. The van der Waals surface area contributed by atoms with E-state index in [0.717, 1.165) is 25.5 Å². The summed E-state index contributed by atoms with van der Waals surface area (Å²) in [6.45, 7) is 5.25. The molecular formula is C8H13N3. The first-order chi connectivity index (χ1) is 5.27. The summed E-state index contributed by atoms with van der Waals surface area (Å²) >= 11 is 0. The highest BCUT2D eigenvalue weighted by atomic mass is 15.2. The first-order valence-electron chi connectivity index (χ1n) is 3.95. The fraction of sp³-hybridized carbons (Fsp3) is 0.500. The molecule has 0 aromatic carbocycles. The Balaban J connectivity index is 2.36. The summed E-state index contributed by atoms with van der Waals surface area (Å²) in [6, 6.07) is 0. The lowest BCUT2D eigenvalue weighted by atomic mass is 10.3. The molecule has 0 amide bonds. The molecule has 1 aliphatic heterocycles. The molecule has 1 N–H and O–H groups in total. The van der Waals surface area contributed by atoms with E-state index < -0.39 is 0 Å². The molecule has 2 rings (SSSR count). The Morgan fingerprint density at radius 3 is 3.36 bits per heavy atom. The second-order valence-electron chi connectivity index (χ2n) is 3.13. The van der Waals surface area contributed by atoms with Crippen LogP contribution in [0.15, 0.2) is 6.20 Å². The van der Waals surface area contributed by atoms with Gasteiger partial charge in [0.2, 0.25) is 0 Å². The minimum atomic E-state index is 1.01. The van der Waals surface area contributed by atoms with Crippen LogP contribution in [0.4, 0.5) is 0 Å². The van der Waals surface area contributed by atoms with Crippen LogP contribution in [-0.4, -0.2) is 16.1 Å². The second kappa shape index (κ2) is 2.34. The summed E-state index contributed by atoms with van der Waals surface area (Å²) in [5, 5.41) is 0. The van der Waals surface area contributed by atoms with Crippen molar-refractivity contribution in [3.8, 4) is 0 Å². The van der Waals surface area contributed by atoms with Gasteiger partial charge in [-0.2, -0.15) is 7.05 Å². The first kappa shape index (κ1) is 6.85. The fourth-order valence-electron chi connectivity index (χ4n) is 1.58. The number of rotatable bonds is 0. The molecule has 0 saturated heterocycles. The third kappa shape index (κ3) is 1.05. The van der Waals surface area contributed by atoms with E-state index in [1.165, 1.54) is 10.6 Å².